The lowest BCUT2D eigenvalue weighted by atomic mass is 10.2. The van der Waals surface area contributed by atoms with Crippen LogP contribution in [0.1, 0.15) is 12.2 Å². The molecular weight excluding hydrogens is 294 g/mol. The Morgan fingerprint density at radius 1 is 1.52 bits per heavy atom. The molecule has 1 atom stereocenters. The summed E-state index contributed by atoms with van der Waals surface area (Å²) in [5, 5.41) is 1.77. The first-order valence-electron chi connectivity index (χ1n) is 6.13. The lowest BCUT2D eigenvalue weighted by molar-refractivity contribution is -0.134. The van der Waals surface area contributed by atoms with Crippen LogP contribution < -0.4 is 17.0 Å². The summed E-state index contributed by atoms with van der Waals surface area (Å²) >= 11 is 1.30. The highest BCUT2D eigenvalue weighted by Crippen LogP contribution is 2.14. The maximum absolute atomic E-state index is 12.0. The van der Waals surface area contributed by atoms with Crippen LogP contribution in [0, 0.1) is 0 Å². The molecular formula is C12H15N5O3S. The van der Waals surface area contributed by atoms with Crippen LogP contribution in [0.25, 0.3) is 10.2 Å². The van der Waals surface area contributed by atoms with Gasteiger partial charge in [0.25, 0.3) is 5.56 Å². The predicted octanol–water partition coefficient (Wildman–Crippen LogP) is -0.854. The van der Waals surface area contributed by atoms with Gasteiger partial charge in [0.15, 0.2) is 0 Å². The Kier molecular flexibility index (Phi) is 4.34. The quantitative estimate of drug-likeness (QED) is 0.661. The molecule has 0 bridgehead atoms. The Morgan fingerprint density at radius 3 is 2.90 bits per heavy atom. The van der Waals surface area contributed by atoms with Crippen molar-refractivity contribution in [2.45, 2.75) is 19.0 Å². The van der Waals surface area contributed by atoms with Gasteiger partial charge in [-0.3, -0.25) is 14.4 Å². The van der Waals surface area contributed by atoms with Crippen molar-refractivity contribution >= 4 is 33.4 Å². The number of thiophene rings is 1. The van der Waals surface area contributed by atoms with Gasteiger partial charge in [-0.2, -0.15) is 0 Å². The van der Waals surface area contributed by atoms with Gasteiger partial charge in [0, 0.05) is 7.05 Å². The highest BCUT2D eigenvalue weighted by atomic mass is 32.1. The summed E-state index contributed by atoms with van der Waals surface area (Å²) in [7, 11) is 1.51. The molecule has 0 aliphatic heterocycles. The van der Waals surface area contributed by atoms with Gasteiger partial charge in [0.2, 0.25) is 11.8 Å². The first-order valence-corrected chi connectivity index (χ1v) is 7.01. The average Bonchev–Trinajstić information content (AvgIpc) is 2.85. The maximum atomic E-state index is 12.0. The molecule has 0 aromatic carbocycles. The van der Waals surface area contributed by atoms with Crippen LogP contribution >= 0.6 is 11.3 Å². The van der Waals surface area contributed by atoms with Crippen molar-refractivity contribution < 1.29 is 9.59 Å². The van der Waals surface area contributed by atoms with Crippen molar-refractivity contribution in [3.8, 4) is 0 Å². The lowest BCUT2D eigenvalue weighted by Crippen LogP contribution is -2.43. The van der Waals surface area contributed by atoms with Gasteiger partial charge in [-0.25, -0.2) is 4.98 Å². The number of amides is 2. The van der Waals surface area contributed by atoms with Crippen LogP contribution in [-0.4, -0.2) is 39.8 Å². The Hall–Kier alpha value is -2.26. The van der Waals surface area contributed by atoms with E-state index in [0.717, 1.165) is 0 Å². The zero-order chi connectivity index (χ0) is 15.6. The monoisotopic (exact) mass is 309 g/mol. The SMILES string of the molecule is CN(Cc1nc2ccsc2c(=O)[nH]1)C(=O)C(N)CC(N)=O. The molecule has 0 saturated carbocycles. The minimum Gasteiger partial charge on any atom is -0.370 e. The van der Waals surface area contributed by atoms with Gasteiger partial charge in [-0.1, -0.05) is 0 Å². The van der Waals surface area contributed by atoms with E-state index in [0.29, 0.717) is 16.0 Å². The normalized spacial score (nSPS) is 12.3. The second-order valence-electron chi connectivity index (χ2n) is 4.62. The first kappa shape index (κ1) is 15.1. The van der Waals surface area contributed by atoms with E-state index in [-0.39, 0.29) is 18.5 Å². The summed E-state index contributed by atoms with van der Waals surface area (Å²) in [4.78, 5) is 42.7. The fourth-order valence-electron chi connectivity index (χ4n) is 1.89. The maximum Gasteiger partial charge on any atom is 0.268 e. The Balaban J connectivity index is 2.13. The largest absolute Gasteiger partial charge is 0.370 e. The molecule has 2 heterocycles. The Morgan fingerprint density at radius 2 is 2.24 bits per heavy atom. The number of nitrogens with two attached hydrogens (primary N) is 2. The molecule has 8 nitrogen and oxygen atoms in total. The number of nitrogens with zero attached hydrogens (tertiary/aromatic N) is 2. The third kappa shape index (κ3) is 3.44. The van der Waals surface area contributed by atoms with Gasteiger partial charge in [-0.05, 0) is 11.4 Å². The fourth-order valence-corrected chi connectivity index (χ4v) is 2.61. The van der Waals surface area contributed by atoms with Crippen LogP contribution in [0.4, 0.5) is 0 Å². The lowest BCUT2D eigenvalue weighted by Gasteiger charge is -2.20. The van der Waals surface area contributed by atoms with Crippen molar-refractivity contribution in [3.05, 3.63) is 27.6 Å². The van der Waals surface area contributed by atoms with E-state index in [2.05, 4.69) is 9.97 Å². The number of H-pyrrole nitrogens is 1. The number of nitrogens with one attached hydrogen (secondary N) is 1. The smallest absolute Gasteiger partial charge is 0.268 e. The molecule has 9 heteroatoms. The standard InChI is InChI=1S/C12H15N5O3S/c1-17(12(20)6(13)4-8(14)18)5-9-15-7-2-3-21-10(7)11(19)16-9/h2-3,6H,4-5,13H2,1H3,(H2,14,18)(H,15,16,19). The molecule has 0 saturated heterocycles. The number of fused-ring (bicyclic) bond motifs is 1. The molecule has 2 rings (SSSR count). The molecule has 2 aromatic rings. The fraction of sp³-hybridized carbons (Fsp3) is 0.333. The number of likely N-dealkylation sites (N-methyl/N-ethyl adjacent to an activating group) is 1. The van der Waals surface area contributed by atoms with E-state index < -0.39 is 17.9 Å². The van der Waals surface area contributed by atoms with Crippen LogP contribution in [-0.2, 0) is 16.1 Å². The topological polar surface area (TPSA) is 135 Å². The Bertz CT molecular complexity index is 738. The third-order valence-corrected chi connectivity index (χ3v) is 3.77. The highest BCUT2D eigenvalue weighted by Gasteiger charge is 2.20. The molecule has 0 aliphatic carbocycles. The summed E-state index contributed by atoms with van der Waals surface area (Å²) in [5.41, 5.74) is 10.9. The van der Waals surface area contributed by atoms with Crippen molar-refractivity contribution in [2.24, 2.45) is 11.5 Å². The summed E-state index contributed by atoms with van der Waals surface area (Å²) in [6.45, 7) is 0.0896. The summed E-state index contributed by atoms with van der Waals surface area (Å²) in [6, 6.07) is 0.739. The molecule has 2 amide bonds. The molecule has 2 aromatic heterocycles. The van der Waals surface area contributed by atoms with E-state index in [1.54, 1.807) is 11.4 Å². The second kappa shape index (κ2) is 6.02. The van der Waals surface area contributed by atoms with Crippen molar-refractivity contribution in [1.82, 2.24) is 14.9 Å². The van der Waals surface area contributed by atoms with Crippen molar-refractivity contribution in [1.29, 1.82) is 0 Å². The summed E-state index contributed by atoms with van der Waals surface area (Å²) in [6.07, 6.45) is -0.226. The average molecular weight is 309 g/mol. The summed E-state index contributed by atoms with van der Waals surface area (Å²) < 4.78 is 0.540. The predicted molar refractivity (Wildman–Crippen MR) is 78.5 cm³/mol. The van der Waals surface area contributed by atoms with Crippen molar-refractivity contribution in [2.75, 3.05) is 7.05 Å². The molecule has 1 unspecified atom stereocenters. The molecule has 0 fully saturated rings. The van der Waals surface area contributed by atoms with Crippen LogP contribution in [0.15, 0.2) is 16.2 Å². The van der Waals surface area contributed by atoms with E-state index >= 15 is 0 Å². The second-order valence-corrected chi connectivity index (χ2v) is 5.53. The molecule has 0 spiro atoms. The van der Waals surface area contributed by atoms with Gasteiger partial charge in [0.05, 0.1) is 24.5 Å². The minimum absolute atomic E-state index is 0.0896. The number of hydrogen-bond acceptors (Lipinski definition) is 6. The van der Waals surface area contributed by atoms with Gasteiger partial charge in [-0.15, -0.1) is 11.3 Å². The van der Waals surface area contributed by atoms with E-state index in [4.69, 9.17) is 11.5 Å². The van der Waals surface area contributed by atoms with Crippen LogP contribution in [0.2, 0.25) is 0 Å². The number of carbonyl (C=O) groups excluding carboxylic acids is 2. The molecule has 0 aliphatic rings. The van der Waals surface area contributed by atoms with Gasteiger partial charge >= 0.3 is 0 Å². The zero-order valence-electron chi connectivity index (χ0n) is 11.3. The van der Waals surface area contributed by atoms with Crippen LogP contribution in [0.5, 0.6) is 0 Å². The van der Waals surface area contributed by atoms with E-state index in [9.17, 15) is 14.4 Å². The summed E-state index contributed by atoms with van der Waals surface area (Å²) in [5.74, 6) is -0.731. The van der Waals surface area contributed by atoms with Gasteiger partial charge < -0.3 is 21.4 Å². The highest BCUT2D eigenvalue weighted by molar-refractivity contribution is 7.17. The third-order valence-electron chi connectivity index (χ3n) is 2.87. The van der Waals surface area contributed by atoms with Crippen LogP contribution in [0.3, 0.4) is 0 Å². The number of hydrogen-bond donors (Lipinski definition) is 3. The number of aromatic nitrogens is 2. The number of primary amides is 1. The Labute approximate surface area is 123 Å². The number of aromatic amines is 1. The van der Waals surface area contributed by atoms with Gasteiger partial charge in [0.1, 0.15) is 10.5 Å². The van der Waals surface area contributed by atoms with Crippen molar-refractivity contribution in [3.63, 3.8) is 0 Å². The zero-order valence-corrected chi connectivity index (χ0v) is 12.1. The number of rotatable bonds is 5. The molecule has 21 heavy (non-hydrogen) atoms. The van der Waals surface area contributed by atoms with E-state index in [1.165, 1.54) is 23.3 Å². The first-order chi connectivity index (χ1) is 9.88. The van der Waals surface area contributed by atoms with E-state index in [1.807, 2.05) is 0 Å². The molecule has 112 valence electrons. The molecule has 0 radical (unpaired) electrons. The molecule has 5 N–H and O–H groups in total. The minimum atomic E-state index is -0.996. The number of carbonyl (C=O) groups is 2.